The third-order valence-electron chi connectivity index (χ3n) is 2.86. The first kappa shape index (κ1) is 16.9. The van der Waals surface area contributed by atoms with Gasteiger partial charge in [-0.3, -0.25) is 0 Å². The summed E-state index contributed by atoms with van der Waals surface area (Å²) in [4.78, 5) is 0. The second kappa shape index (κ2) is 7.37. The lowest BCUT2D eigenvalue weighted by Crippen LogP contribution is -2.35. The molecule has 0 saturated heterocycles. The Balaban J connectivity index is 4.32. The minimum Gasteiger partial charge on any atom is -0.212 e. The third kappa shape index (κ3) is 7.77. The van der Waals surface area contributed by atoms with Crippen LogP contribution >= 0.6 is 0 Å². The van der Waals surface area contributed by atoms with Crippen molar-refractivity contribution in [2.45, 2.75) is 60.3 Å². The summed E-state index contributed by atoms with van der Waals surface area (Å²) < 4.78 is 25.8. The Kier molecular flexibility index (Phi) is 7.33. The second-order valence-electron chi connectivity index (χ2n) is 5.83. The molecule has 0 aliphatic heterocycles. The van der Waals surface area contributed by atoms with Crippen LogP contribution in [0.3, 0.4) is 0 Å². The monoisotopic (exact) mass is 263 g/mol. The van der Waals surface area contributed by atoms with E-state index in [1.54, 1.807) is 4.31 Å². The molecule has 4 heteroatoms. The zero-order chi connectivity index (χ0) is 13.5. The van der Waals surface area contributed by atoms with Crippen molar-refractivity contribution in [1.29, 1.82) is 0 Å². The Morgan fingerprint density at radius 3 is 2.06 bits per heavy atom. The van der Waals surface area contributed by atoms with Crippen molar-refractivity contribution in [1.82, 2.24) is 4.31 Å². The Morgan fingerprint density at radius 1 is 1.06 bits per heavy atom. The van der Waals surface area contributed by atoms with Crippen molar-refractivity contribution in [2.75, 3.05) is 18.8 Å². The lowest BCUT2D eigenvalue weighted by atomic mass is 9.92. The van der Waals surface area contributed by atoms with Crippen molar-refractivity contribution in [2.24, 2.45) is 5.41 Å². The van der Waals surface area contributed by atoms with Gasteiger partial charge in [-0.05, 0) is 18.3 Å². The highest BCUT2D eigenvalue weighted by Crippen LogP contribution is 2.20. The van der Waals surface area contributed by atoms with Crippen molar-refractivity contribution < 1.29 is 8.42 Å². The molecule has 0 aliphatic carbocycles. The summed E-state index contributed by atoms with van der Waals surface area (Å²) in [7, 11) is -3.03. The largest absolute Gasteiger partial charge is 0.214 e. The molecule has 0 atom stereocenters. The highest BCUT2D eigenvalue weighted by atomic mass is 32.2. The lowest BCUT2D eigenvalue weighted by molar-refractivity contribution is 0.316. The highest BCUT2D eigenvalue weighted by Gasteiger charge is 2.21. The molecule has 0 aromatic heterocycles. The first-order valence-electron chi connectivity index (χ1n) is 6.70. The lowest BCUT2D eigenvalue weighted by Gasteiger charge is -2.25. The minimum atomic E-state index is -3.03. The molecule has 0 N–H and O–H groups in total. The molecule has 0 rings (SSSR count). The van der Waals surface area contributed by atoms with Crippen LogP contribution in [-0.4, -0.2) is 31.6 Å². The van der Waals surface area contributed by atoms with Gasteiger partial charge in [-0.2, -0.15) is 0 Å². The van der Waals surface area contributed by atoms with E-state index in [0.29, 0.717) is 18.8 Å². The molecule has 17 heavy (non-hydrogen) atoms. The molecular weight excluding hydrogens is 234 g/mol. The van der Waals surface area contributed by atoms with Gasteiger partial charge in [0.15, 0.2) is 0 Å². The third-order valence-corrected chi connectivity index (χ3v) is 4.90. The van der Waals surface area contributed by atoms with E-state index >= 15 is 0 Å². The van der Waals surface area contributed by atoms with Crippen LogP contribution in [0.5, 0.6) is 0 Å². The second-order valence-corrected chi connectivity index (χ2v) is 7.91. The number of hydrogen-bond acceptors (Lipinski definition) is 2. The van der Waals surface area contributed by atoms with Crippen LogP contribution in [0.1, 0.15) is 60.3 Å². The topological polar surface area (TPSA) is 37.4 Å². The fourth-order valence-electron chi connectivity index (χ4n) is 1.62. The number of unbranched alkanes of at least 4 members (excludes halogenated alkanes) is 2. The molecule has 0 aliphatic rings. The Bertz CT molecular complexity index is 291. The average molecular weight is 263 g/mol. The molecule has 0 aromatic rings. The fraction of sp³-hybridized carbons (Fsp3) is 1.00. The first-order chi connectivity index (χ1) is 7.73. The van der Waals surface area contributed by atoms with E-state index < -0.39 is 10.0 Å². The van der Waals surface area contributed by atoms with E-state index in [2.05, 4.69) is 27.7 Å². The van der Waals surface area contributed by atoms with Crippen LogP contribution < -0.4 is 0 Å². The Labute approximate surface area is 108 Å². The smallest absolute Gasteiger partial charge is 0.212 e. The van der Waals surface area contributed by atoms with Gasteiger partial charge in [-0.1, -0.05) is 47.5 Å². The van der Waals surface area contributed by atoms with Gasteiger partial charge in [0.05, 0.1) is 5.75 Å². The van der Waals surface area contributed by atoms with Crippen LogP contribution in [0.25, 0.3) is 0 Å². The summed E-state index contributed by atoms with van der Waals surface area (Å²) in [6.45, 7) is 11.7. The van der Waals surface area contributed by atoms with Crippen molar-refractivity contribution in [3.63, 3.8) is 0 Å². The molecule has 0 radical (unpaired) electrons. The van der Waals surface area contributed by atoms with E-state index in [1.165, 1.54) is 0 Å². The van der Waals surface area contributed by atoms with E-state index in [1.807, 2.05) is 6.92 Å². The average Bonchev–Trinajstić information content (AvgIpc) is 2.16. The number of rotatable bonds is 8. The van der Waals surface area contributed by atoms with Crippen molar-refractivity contribution in [3.8, 4) is 0 Å². The van der Waals surface area contributed by atoms with Crippen LogP contribution in [-0.2, 0) is 10.0 Å². The number of sulfonamides is 1. The number of hydrogen-bond donors (Lipinski definition) is 0. The molecule has 0 aromatic carbocycles. The Morgan fingerprint density at radius 2 is 1.65 bits per heavy atom. The van der Waals surface area contributed by atoms with Gasteiger partial charge in [0.1, 0.15) is 0 Å². The van der Waals surface area contributed by atoms with Gasteiger partial charge in [0.2, 0.25) is 10.0 Å². The summed E-state index contributed by atoms with van der Waals surface area (Å²) in [5.41, 5.74) is 0.187. The molecule has 0 spiro atoms. The van der Waals surface area contributed by atoms with Gasteiger partial charge in [0.25, 0.3) is 0 Å². The molecule has 0 unspecified atom stereocenters. The van der Waals surface area contributed by atoms with E-state index in [4.69, 9.17) is 0 Å². The van der Waals surface area contributed by atoms with Gasteiger partial charge < -0.3 is 0 Å². The van der Waals surface area contributed by atoms with Crippen LogP contribution in [0.4, 0.5) is 0 Å². The predicted octanol–water partition coefficient (Wildman–Crippen LogP) is 3.26. The van der Waals surface area contributed by atoms with Gasteiger partial charge in [-0.15, -0.1) is 0 Å². The van der Waals surface area contributed by atoms with E-state index in [0.717, 1.165) is 25.7 Å². The summed E-state index contributed by atoms with van der Waals surface area (Å²) in [6, 6.07) is 0. The van der Waals surface area contributed by atoms with Gasteiger partial charge in [0, 0.05) is 13.1 Å². The zero-order valence-electron chi connectivity index (χ0n) is 12.1. The Hall–Kier alpha value is -0.0900. The van der Waals surface area contributed by atoms with Crippen LogP contribution in [0, 0.1) is 5.41 Å². The highest BCUT2D eigenvalue weighted by molar-refractivity contribution is 7.89. The maximum atomic E-state index is 12.1. The standard InChI is InChI=1S/C13H29NO2S/c1-6-8-9-12-17(15,16)14(7-2)11-10-13(3,4)5/h6-12H2,1-5H3. The summed E-state index contributed by atoms with van der Waals surface area (Å²) in [5, 5.41) is 0. The predicted molar refractivity (Wildman–Crippen MR) is 74.6 cm³/mol. The van der Waals surface area contributed by atoms with Crippen molar-refractivity contribution in [3.05, 3.63) is 0 Å². The van der Waals surface area contributed by atoms with Crippen LogP contribution in [0.15, 0.2) is 0 Å². The normalized spacial score (nSPS) is 13.3. The molecule has 0 amide bonds. The fourth-order valence-corrected chi connectivity index (χ4v) is 3.21. The number of nitrogens with zero attached hydrogens (tertiary/aromatic N) is 1. The van der Waals surface area contributed by atoms with Crippen molar-refractivity contribution >= 4 is 10.0 Å². The van der Waals surface area contributed by atoms with Gasteiger partial charge in [-0.25, -0.2) is 12.7 Å². The first-order valence-corrected chi connectivity index (χ1v) is 8.31. The molecule has 0 bridgehead atoms. The summed E-state index contributed by atoms with van der Waals surface area (Å²) in [6.07, 6.45) is 3.75. The van der Waals surface area contributed by atoms with E-state index in [-0.39, 0.29) is 5.41 Å². The molecule has 0 heterocycles. The quantitative estimate of drug-likeness (QED) is 0.630. The molecule has 0 saturated carbocycles. The minimum absolute atomic E-state index is 0.187. The summed E-state index contributed by atoms with van der Waals surface area (Å²) in [5.74, 6) is 0.304. The summed E-state index contributed by atoms with van der Waals surface area (Å²) >= 11 is 0. The van der Waals surface area contributed by atoms with E-state index in [9.17, 15) is 8.42 Å². The maximum absolute atomic E-state index is 12.1. The zero-order valence-corrected chi connectivity index (χ0v) is 12.9. The molecule has 0 fully saturated rings. The molecule has 3 nitrogen and oxygen atoms in total. The molecular formula is C13H29NO2S. The maximum Gasteiger partial charge on any atom is 0.214 e. The van der Waals surface area contributed by atoms with Crippen LogP contribution in [0.2, 0.25) is 0 Å². The molecule has 104 valence electrons. The van der Waals surface area contributed by atoms with Gasteiger partial charge >= 0.3 is 0 Å². The SMILES string of the molecule is CCCCCS(=O)(=O)N(CC)CCC(C)(C)C.